The Hall–Kier alpha value is -1.22. The van der Waals surface area contributed by atoms with E-state index < -0.39 is 0 Å². The molecule has 0 aromatic heterocycles. The van der Waals surface area contributed by atoms with Crippen molar-refractivity contribution in [2.45, 2.75) is 34.1 Å². The van der Waals surface area contributed by atoms with Gasteiger partial charge in [0.25, 0.3) is 0 Å². The first kappa shape index (κ1) is 14.8. The van der Waals surface area contributed by atoms with Crippen molar-refractivity contribution in [3.8, 4) is 5.75 Å². The molecule has 0 unspecified atom stereocenters. The summed E-state index contributed by atoms with van der Waals surface area (Å²) in [6.45, 7) is 10.4. The molecule has 0 heterocycles. The molecule has 0 aliphatic rings. The van der Waals surface area contributed by atoms with Crippen molar-refractivity contribution in [3.05, 3.63) is 23.3 Å². The largest absolute Gasteiger partial charge is 0.491 e. The van der Waals surface area contributed by atoms with Gasteiger partial charge in [0, 0.05) is 12.3 Å². The highest BCUT2D eigenvalue weighted by atomic mass is 16.5. The van der Waals surface area contributed by atoms with Crippen LogP contribution >= 0.6 is 0 Å². The average Bonchev–Trinajstić information content (AvgIpc) is 2.29. The van der Waals surface area contributed by atoms with Crippen LogP contribution in [0.15, 0.2) is 12.1 Å². The van der Waals surface area contributed by atoms with Gasteiger partial charge >= 0.3 is 0 Å². The highest BCUT2D eigenvalue weighted by Crippen LogP contribution is 2.24. The van der Waals surface area contributed by atoms with Crippen molar-refractivity contribution in [2.24, 2.45) is 5.92 Å². The van der Waals surface area contributed by atoms with Crippen LogP contribution in [0.1, 0.15) is 31.4 Å². The lowest BCUT2D eigenvalue weighted by atomic mass is 10.1. The van der Waals surface area contributed by atoms with Gasteiger partial charge in [0.15, 0.2) is 0 Å². The first-order chi connectivity index (χ1) is 8.50. The van der Waals surface area contributed by atoms with E-state index >= 15 is 0 Å². The van der Waals surface area contributed by atoms with Crippen LogP contribution in [0, 0.1) is 19.8 Å². The second-order valence-electron chi connectivity index (χ2n) is 5.12. The van der Waals surface area contributed by atoms with Crippen LogP contribution in [-0.4, -0.2) is 19.8 Å². The predicted molar refractivity (Wildman–Crippen MR) is 76.1 cm³/mol. The molecule has 0 spiro atoms. The van der Waals surface area contributed by atoms with Crippen LogP contribution < -0.4 is 10.5 Å². The SMILES string of the molecule is Cc1cc(OCCOCCC(C)C)c(C)cc1N. The summed E-state index contributed by atoms with van der Waals surface area (Å²) in [5, 5.41) is 0. The van der Waals surface area contributed by atoms with E-state index in [1.807, 2.05) is 26.0 Å². The zero-order valence-electron chi connectivity index (χ0n) is 12.0. The number of aryl methyl sites for hydroxylation is 2. The van der Waals surface area contributed by atoms with Crippen LogP contribution in [0.3, 0.4) is 0 Å². The molecule has 3 nitrogen and oxygen atoms in total. The monoisotopic (exact) mass is 251 g/mol. The maximum atomic E-state index is 5.83. The molecule has 102 valence electrons. The lowest BCUT2D eigenvalue weighted by molar-refractivity contribution is 0.0923. The zero-order chi connectivity index (χ0) is 13.5. The fourth-order valence-corrected chi connectivity index (χ4v) is 1.60. The summed E-state index contributed by atoms with van der Waals surface area (Å²) in [6, 6.07) is 3.93. The molecule has 0 fully saturated rings. The number of benzene rings is 1. The Morgan fingerprint density at radius 1 is 1.06 bits per heavy atom. The predicted octanol–water partition coefficient (Wildman–Crippen LogP) is 3.33. The Balaban J connectivity index is 2.29. The number of hydrogen-bond acceptors (Lipinski definition) is 3. The van der Waals surface area contributed by atoms with E-state index in [0.717, 1.165) is 35.6 Å². The first-order valence-electron chi connectivity index (χ1n) is 6.58. The van der Waals surface area contributed by atoms with Gasteiger partial charge in [0.05, 0.1) is 6.61 Å². The summed E-state index contributed by atoms with van der Waals surface area (Å²) in [4.78, 5) is 0. The van der Waals surface area contributed by atoms with Crippen molar-refractivity contribution in [2.75, 3.05) is 25.6 Å². The Morgan fingerprint density at radius 3 is 2.44 bits per heavy atom. The van der Waals surface area contributed by atoms with Gasteiger partial charge in [-0.2, -0.15) is 0 Å². The first-order valence-corrected chi connectivity index (χ1v) is 6.58. The minimum absolute atomic E-state index is 0.586. The van der Waals surface area contributed by atoms with Gasteiger partial charge in [-0.3, -0.25) is 0 Å². The summed E-state index contributed by atoms with van der Waals surface area (Å²) in [6.07, 6.45) is 1.10. The van der Waals surface area contributed by atoms with Crippen molar-refractivity contribution < 1.29 is 9.47 Å². The number of anilines is 1. The van der Waals surface area contributed by atoms with Crippen molar-refractivity contribution in [3.63, 3.8) is 0 Å². The molecule has 0 aliphatic heterocycles. The van der Waals surface area contributed by atoms with Gasteiger partial charge in [0.1, 0.15) is 12.4 Å². The van der Waals surface area contributed by atoms with Crippen LogP contribution in [0.5, 0.6) is 5.75 Å². The Kier molecular flexibility index (Phi) is 5.99. The maximum Gasteiger partial charge on any atom is 0.122 e. The molecule has 0 saturated carbocycles. The second kappa shape index (κ2) is 7.27. The van der Waals surface area contributed by atoms with E-state index in [-0.39, 0.29) is 0 Å². The molecule has 0 amide bonds. The zero-order valence-corrected chi connectivity index (χ0v) is 12.0. The molecule has 0 aliphatic carbocycles. The summed E-state index contributed by atoms with van der Waals surface area (Å²) in [5.41, 5.74) is 8.77. The number of hydrogen-bond donors (Lipinski definition) is 1. The number of rotatable bonds is 7. The van der Waals surface area contributed by atoms with Gasteiger partial charge in [-0.25, -0.2) is 0 Å². The molecule has 0 bridgehead atoms. The number of nitrogens with two attached hydrogens (primary N) is 1. The summed E-state index contributed by atoms with van der Waals surface area (Å²) < 4.78 is 11.2. The fraction of sp³-hybridized carbons (Fsp3) is 0.600. The lowest BCUT2D eigenvalue weighted by Crippen LogP contribution is -2.09. The molecule has 0 radical (unpaired) electrons. The highest BCUT2D eigenvalue weighted by molar-refractivity contribution is 5.53. The molecule has 3 heteroatoms. The maximum absolute atomic E-state index is 5.83. The molecule has 1 rings (SSSR count). The number of nitrogen functional groups attached to an aromatic ring is 1. The summed E-state index contributed by atoms with van der Waals surface area (Å²) in [7, 11) is 0. The van der Waals surface area contributed by atoms with Gasteiger partial charge in [-0.1, -0.05) is 13.8 Å². The normalized spacial score (nSPS) is 10.9. The van der Waals surface area contributed by atoms with Crippen LogP contribution in [0.25, 0.3) is 0 Å². The topological polar surface area (TPSA) is 44.5 Å². The minimum atomic E-state index is 0.586. The third-order valence-electron chi connectivity index (χ3n) is 2.89. The Bertz CT molecular complexity index is 375. The van der Waals surface area contributed by atoms with E-state index in [9.17, 15) is 0 Å². The molecular formula is C15H25NO2. The lowest BCUT2D eigenvalue weighted by Gasteiger charge is -2.12. The van der Waals surface area contributed by atoms with Gasteiger partial charge in [-0.05, 0) is 49.4 Å². The smallest absolute Gasteiger partial charge is 0.122 e. The Labute approximate surface area is 110 Å². The van der Waals surface area contributed by atoms with Crippen LogP contribution in [0.4, 0.5) is 5.69 Å². The van der Waals surface area contributed by atoms with E-state index in [4.69, 9.17) is 15.2 Å². The highest BCUT2D eigenvalue weighted by Gasteiger charge is 2.03. The summed E-state index contributed by atoms with van der Waals surface area (Å²) in [5.74, 6) is 1.59. The molecule has 1 aromatic carbocycles. The molecule has 18 heavy (non-hydrogen) atoms. The standard InChI is InChI=1S/C15H25NO2/c1-11(2)5-6-17-7-8-18-15-10-12(3)14(16)9-13(15)4/h9-11H,5-8,16H2,1-4H3. The van der Waals surface area contributed by atoms with Crippen LogP contribution in [0.2, 0.25) is 0 Å². The second-order valence-corrected chi connectivity index (χ2v) is 5.12. The molecule has 0 atom stereocenters. The van der Waals surface area contributed by atoms with Gasteiger partial charge in [0.2, 0.25) is 0 Å². The van der Waals surface area contributed by atoms with E-state index in [1.165, 1.54) is 0 Å². The Morgan fingerprint density at radius 2 is 1.78 bits per heavy atom. The third kappa shape index (κ3) is 4.96. The van der Waals surface area contributed by atoms with E-state index in [1.54, 1.807) is 0 Å². The molecule has 0 saturated heterocycles. The van der Waals surface area contributed by atoms with Gasteiger partial charge < -0.3 is 15.2 Å². The van der Waals surface area contributed by atoms with Crippen molar-refractivity contribution >= 4 is 5.69 Å². The van der Waals surface area contributed by atoms with Crippen LogP contribution in [-0.2, 0) is 4.74 Å². The molecular weight excluding hydrogens is 226 g/mol. The number of ether oxygens (including phenoxy) is 2. The van der Waals surface area contributed by atoms with Gasteiger partial charge in [-0.15, -0.1) is 0 Å². The fourth-order valence-electron chi connectivity index (χ4n) is 1.60. The molecule has 2 N–H and O–H groups in total. The average molecular weight is 251 g/mol. The van der Waals surface area contributed by atoms with E-state index in [2.05, 4.69) is 13.8 Å². The van der Waals surface area contributed by atoms with E-state index in [0.29, 0.717) is 19.1 Å². The van der Waals surface area contributed by atoms with Crippen molar-refractivity contribution in [1.29, 1.82) is 0 Å². The third-order valence-corrected chi connectivity index (χ3v) is 2.89. The minimum Gasteiger partial charge on any atom is -0.491 e. The summed E-state index contributed by atoms with van der Waals surface area (Å²) >= 11 is 0. The molecule has 1 aromatic rings. The van der Waals surface area contributed by atoms with Crippen molar-refractivity contribution in [1.82, 2.24) is 0 Å². The quantitative estimate of drug-likeness (QED) is 0.597.